The summed E-state index contributed by atoms with van der Waals surface area (Å²) < 4.78 is 12.1. The number of nitrogens with zero attached hydrogens (tertiary/aromatic N) is 1. The maximum Gasteiger partial charge on any atom is 0.356 e. The minimum atomic E-state index is -0.447. The van der Waals surface area contributed by atoms with E-state index in [0.717, 1.165) is 11.3 Å². The molecule has 100 valence electrons. The van der Waals surface area contributed by atoms with E-state index in [9.17, 15) is 4.79 Å². The Hall–Kier alpha value is -2.08. The Kier molecular flexibility index (Phi) is 3.71. The number of methoxy groups -OCH3 is 2. The maximum absolute atomic E-state index is 11.8. The highest BCUT2D eigenvalue weighted by Gasteiger charge is 2.18. The van der Waals surface area contributed by atoms with Gasteiger partial charge in [0.05, 0.1) is 19.9 Å². The van der Waals surface area contributed by atoms with Crippen LogP contribution in [0.2, 0.25) is 0 Å². The van der Waals surface area contributed by atoms with Crippen LogP contribution in [0.3, 0.4) is 0 Å². The highest BCUT2D eigenvalue weighted by molar-refractivity contribution is 7.71. The van der Waals surface area contributed by atoms with Gasteiger partial charge in [0.25, 0.3) is 0 Å². The van der Waals surface area contributed by atoms with E-state index in [-0.39, 0.29) is 0 Å². The Morgan fingerprint density at radius 2 is 1.89 bits per heavy atom. The second-order valence-corrected chi connectivity index (χ2v) is 4.32. The van der Waals surface area contributed by atoms with Gasteiger partial charge in [-0.1, -0.05) is 0 Å². The highest BCUT2D eigenvalue weighted by atomic mass is 32.1. The van der Waals surface area contributed by atoms with Gasteiger partial charge >= 0.3 is 5.97 Å². The molecular weight excluding hydrogens is 264 g/mol. The van der Waals surface area contributed by atoms with Crippen molar-refractivity contribution in [3.63, 3.8) is 0 Å². The molecule has 0 fully saturated rings. The quantitative estimate of drug-likeness (QED) is 0.692. The van der Waals surface area contributed by atoms with Gasteiger partial charge in [-0.05, 0) is 36.5 Å². The normalized spacial score (nSPS) is 10.3. The summed E-state index contributed by atoms with van der Waals surface area (Å²) in [5.74, 6) is 0.303. The van der Waals surface area contributed by atoms with E-state index < -0.39 is 5.97 Å². The molecule has 1 aromatic carbocycles. The molecule has 2 aromatic rings. The van der Waals surface area contributed by atoms with E-state index in [4.69, 9.17) is 21.7 Å². The summed E-state index contributed by atoms with van der Waals surface area (Å²) in [6.45, 7) is 0. The van der Waals surface area contributed by atoms with Crippen LogP contribution in [0.15, 0.2) is 24.3 Å². The molecule has 1 N–H and O–H groups in total. The van der Waals surface area contributed by atoms with Crippen molar-refractivity contribution in [1.29, 1.82) is 0 Å². The Morgan fingerprint density at radius 1 is 1.26 bits per heavy atom. The number of hydrogen-bond donors (Lipinski definition) is 1. The Labute approximate surface area is 115 Å². The van der Waals surface area contributed by atoms with Crippen LogP contribution < -0.4 is 4.74 Å². The number of imidazole rings is 1. The number of H-pyrrole nitrogens is 1. The summed E-state index contributed by atoms with van der Waals surface area (Å²) in [7, 11) is 4.74. The molecule has 5 nitrogen and oxygen atoms in total. The first-order valence-corrected chi connectivity index (χ1v) is 6.01. The molecule has 1 aromatic heterocycles. The average molecular weight is 278 g/mol. The molecule has 0 spiro atoms. The zero-order valence-corrected chi connectivity index (χ0v) is 11.7. The molecule has 0 saturated carbocycles. The standard InChI is InChI=1S/C13H14N2O3S/c1-15-11(8-4-6-9(17-2)7-5-8)10(12(16)18-3)14-13(15)19/h4-7H,1-3H3,(H,14,19). The fourth-order valence-corrected chi connectivity index (χ4v) is 2.05. The number of esters is 1. The lowest BCUT2D eigenvalue weighted by Gasteiger charge is -2.06. The zero-order chi connectivity index (χ0) is 14.0. The van der Waals surface area contributed by atoms with Gasteiger partial charge in [-0.15, -0.1) is 0 Å². The van der Waals surface area contributed by atoms with Crippen molar-refractivity contribution in [2.24, 2.45) is 7.05 Å². The van der Waals surface area contributed by atoms with Crippen LogP contribution in [0, 0.1) is 4.77 Å². The predicted octanol–water partition coefficient (Wildman–Crippen LogP) is 2.54. The fourth-order valence-electron chi connectivity index (χ4n) is 1.86. The number of aromatic amines is 1. The van der Waals surface area contributed by atoms with Crippen molar-refractivity contribution >= 4 is 18.2 Å². The predicted molar refractivity (Wildman–Crippen MR) is 73.9 cm³/mol. The Balaban J connectivity index is 2.59. The molecule has 6 heteroatoms. The van der Waals surface area contributed by atoms with Gasteiger partial charge < -0.3 is 19.0 Å². The zero-order valence-electron chi connectivity index (χ0n) is 10.9. The molecule has 0 aliphatic carbocycles. The Bertz CT molecular complexity index is 656. The molecule has 1 heterocycles. The van der Waals surface area contributed by atoms with Crippen LogP contribution in [0.4, 0.5) is 0 Å². The molecular formula is C13H14N2O3S. The van der Waals surface area contributed by atoms with Gasteiger partial charge in [0.1, 0.15) is 5.75 Å². The molecule has 19 heavy (non-hydrogen) atoms. The summed E-state index contributed by atoms with van der Waals surface area (Å²) in [4.78, 5) is 14.6. The van der Waals surface area contributed by atoms with Gasteiger partial charge in [-0.3, -0.25) is 0 Å². The van der Waals surface area contributed by atoms with E-state index >= 15 is 0 Å². The number of ether oxygens (including phenoxy) is 2. The summed E-state index contributed by atoms with van der Waals surface area (Å²) in [6.07, 6.45) is 0. The van der Waals surface area contributed by atoms with Crippen molar-refractivity contribution in [1.82, 2.24) is 9.55 Å². The largest absolute Gasteiger partial charge is 0.497 e. The monoisotopic (exact) mass is 278 g/mol. The number of carbonyl (C=O) groups excluding carboxylic acids is 1. The summed E-state index contributed by atoms with van der Waals surface area (Å²) >= 11 is 5.15. The topological polar surface area (TPSA) is 56.2 Å². The van der Waals surface area contributed by atoms with E-state index in [1.165, 1.54) is 7.11 Å². The third-order valence-electron chi connectivity index (χ3n) is 2.86. The molecule has 0 atom stereocenters. The van der Waals surface area contributed by atoms with E-state index in [2.05, 4.69) is 4.98 Å². The molecule has 0 aliphatic rings. The third kappa shape index (κ3) is 2.39. The second-order valence-electron chi connectivity index (χ2n) is 3.93. The van der Waals surface area contributed by atoms with Crippen LogP contribution in [-0.4, -0.2) is 29.7 Å². The van der Waals surface area contributed by atoms with Gasteiger partial charge in [0.2, 0.25) is 0 Å². The van der Waals surface area contributed by atoms with Gasteiger partial charge in [0, 0.05) is 12.6 Å². The molecule has 0 amide bonds. The first-order valence-electron chi connectivity index (χ1n) is 5.60. The maximum atomic E-state index is 11.8. The fraction of sp³-hybridized carbons (Fsp3) is 0.231. The van der Waals surface area contributed by atoms with Crippen molar-refractivity contribution in [2.75, 3.05) is 14.2 Å². The first-order chi connectivity index (χ1) is 9.08. The lowest BCUT2D eigenvalue weighted by molar-refractivity contribution is 0.0595. The van der Waals surface area contributed by atoms with Gasteiger partial charge in [-0.2, -0.15) is 0 Å². The molecule has 0 bridgehead atoms. The van der Waals surface area contributed by atoms with E-state index in [0.29, 0.717) is 16.2 Å². The summed E-state index contributed by atoms with van der Waals surface area (Å²) in [5.41, 5.74) is 1.90. The van der Waals surface area contributed by atoms with Crippen molar-refractivity contribution in [2.45, 2.75) is 0 Å². The SMILES string of the molecule is COC(=O)c1[nH]c(=S)n(C)c1-c1ccc(OC)cc1. The molecule has 0 aliphatic heterocycles. The molecule has 2 rings (SSSR count). The third-order valence-corrected chi connectivity index (χ3v) is 3.24. The highest BCUT2D eigenvalue weighted by Crippen LogP contribution is 2.25. The van der Waals surface area contributed by atoms with Crippen molar-refractivity contribution in [3.8, 4) is 17.0 Å². The Morgan fingerprint density at radius 3 is 2.42 bits per heavy atom. The van der Waals surface area contributed by atoms with E-state index in [1.54, 1.807) is 18.7 Å². The van der Waals surface area contributed by atoms with Crippen LogP contribution in [0.1, 0.15) is 10.5 Å². The number of hydrogen-bond acceptors (Lipinski definition) is 4. The molecule has 0 radical (unpaired) electrons. The number of rotatable bonds is 3. The van der Waals surface area contributed by atoms with Crippen LogP contribution in [0.5, 0.6) is 5.75 Å². The van der Waals surface area contributed by atoms with Crippen LogP contribution in [0.25, 0.3) is 11.3 Å². The summed E-state index contributed by atoms with van der Waals surface area (Å²) in [5, 5.41) is 0. The minimum Gasteiger partial charge on any atom is -0.497 e. The van der Waals surface area contributed by atoms with Crippen molar-refractivity contribution in [3.05, 3.63) is 34.7 Å². The van der Waals surface area contributed by atoms with Gasteiger partial charge in [0.15, 0.2) is 10.5 Å². The number of carbonyl (C=O) groups is 1. The molecule has 0 saturated heterocycles. The average Bonchev–Trinajstić information content (AvgIpc) is 2.74. The summed E-state index contributed by atoms with van der Waals surface area (Å²) in [6, 6.07) is 7.38. The molecule has 0 unspecified atom stereocenters. The van der Waals surface area contributed by atoms with Gasteiger partial charge in [-0.25, -0.2) is 4.79 Å². The van der Waals surface area contributed by atoms with E-state index in [1.807, 2.05) is 24.3 Å². The second kappa shape index (κ2) is 5.27. The minimum absolute atomic E-state index is 0.347. The lowest BCUT2D eigenvalue weighted by atomic mass is 10.1. The lowest BCUT2D eigenvalue weighted by Crippen LogP contribution is -2.04. The number of aromatic nitrogens is 2. The van der Waals surface area contributed by atoms with Crippen molar-refractivity contribution < 1.29 is 14.3 Å². The smallest absolute Gasteiger partial charge is 0.356 e. The first kappa shape index (κ1) is 13.4. The van der Waals surface area contributed by atoms with Crippen LogP contribution >= 0.6 is 12.2 Å². The van der Waals surface area contributed by atoms with Crippen LogP contribution in [-0.2, 0) is 11.8 Å². The number of nitrogens with one attached hydrogen (secondary N) is 1. The number of benzene rings is 1.